The van der Waals surface area contributed by atoms with Crippen LogP contribution in [0, 0.1) is 0 Å². The molecule has 0 bridgehead atoms. The Hall–Kier alpha value is -1.17. The number of ether oxygens (including phenoxy) is 1. The van der Waals surface area contributed by atoms with E-state index in [1.165, 1.54) is 0 Å². The Kier molecular flexibility index (Phi) is 5.34. The minimum atomic E-state index is -0.228. The van der Waals surface area contributed by atoms with Crippen molar-refractivity contribution in [3.8, 4) is 5.75 Å². The average molecular weight is 254 g/mol. The normalized spacial score (nSPS) is 12.5. The predicted octanol–water partition coefficient (Wildman–Crippen LogP) is 0.946. The van der Waals surface area contributed by atoms with Gasteiger partial charge in [-0.3, -0.25) is 4.90 Å². The Bertz CT molecular complexity index is 385. The first-order valence-electron chi connectivity index (χ1n) is 5.35. The monoisotopic (exact) mass is 254 g/mol. The van der Waals surface area contributed by atoms with Crippen LogP contribution < -0.4 is 10.5 Å². The Balaban J connectivity index is 3.09. The van der Waals surface area contributed by atoms with E-state index in [4.69, 9.17) is 27.8 Å². The fraction of sp³-hybridized carbons (Fsp3) is 0.417. The van der Waals surface area contributed by atoms with Crippen LogP contribution in [-0.2, 0) is 0 Å². The van der Waals surface area contributed by atoms with Crippen molar-refractivity contribution in [2.24, 2.45) is 5.73 Å². The first-order chi connectivity index (χ1) is 8.11. The van der Waals surface area contributed by atoms with E-state index in [-0.39, 0.29) is 12.6 Å². The molecule has 0 heterocycles. The summed E-state index contributed by atoms with van der Waals surface area (Å²) in [7, 11) is 3.48. The van der Waals surface area contributed by atoms with Gasteiger partial charge in [-0.15, -0.1) is 0 Å². The smallest absolute Gasteiger partial charge is 0.124 e. The first kappa shape index (κ1) is 13.9. The van der Waals surface area contributed by atoms with Crippen LogP contribution in [0.15, 0.2) is 24.3 Å². The molecule has 1 atom stereocenters. The van der Waals surface area contributed by atoms with Gasteiger partial charge in [0.05, 0.1) is 24.7 Å². The molecule has 3 N–H and O–H groups in total. The van der Waals surface area contributed by atoms with E-state index in [1.807, 2.05) is 36.2 Å². The van der Waals surface area contributed by atoms with Crippen LogP contribution in [0.5, 0.6) is 5.75 Å². The second-order valence-corrected chi connectivity index (χ2v) is 4.22. The summed E-state index contributed by atoms with van der Waals surface area (Å²) in [6.45, 7) is 0.560. The second kappa shape index (κ2) is 6.54. The lowest BCUT2D eigenvalue weighted by Crippen LogP contribution is -2.36. The zero-order valence-corrected chi connectivity index (χ0v) is 10.9. The van der Waals surface area contributed by atoms with Crippen LogP contribution in [0.3, 0.4) is 0 Å². The molecule has 1 rings (SSSR count). The van der Waals surface area contributed by atoms with Crippen molar-refractivity contribution >= 4 is 17.2 Å². The molecule has 94 valence electrons. The van der Waals surface area contributed by atoms with Crippen LogP contribution in [0.4, 0.5) is 0 Å². The molecule has 0 fully saturated rings. The summed E-state index contributed by atoms with van der Waals surface area (Å²) in [5.74, 6) is 0.745. The molecule has 5 heteroatoms. The molecule has 0 aliphatic rings. The molecule has 0 amide bonds. The number of rotatable bonds is 6. The van der Waals surface area contributed by atoms with Gasteiger partial charge in [-0.05, 0) is 13.1 Å². The summed E-state index contributed by atoms with van der Waals surface area (Å²) in [6.07, 6.45) is 0. The molecule has 0 radical (unpaired) electrons. The lowest BCUT2D eigenvalue weighted by Gasteiger charge is -2.28. The molecular weight excluding hydrogens is 236 g/mol. The number of likely N-dealkylation sites (N-methyl/N-ethyl adjacent to an activating group) is 1. The number of hydrogen-bond donors (Lipinski definition) is 2. The van der Waals surface area contributed by atoms with E-state index in [0.717, 1.165) is 11.3 Å². The summed E-state index contributed by atoms with van der Waals surface area (Å²) in [6, 6.07) is 7.37. The molecule has 1 aromatic carbocycles. The molecule has 0 aliphatic heterocycles. The zero-order valence-electron chi connectivity index (χ0n) is 10.1. The van der Waals surface area contributed by atoms with Gasteiger partial charge in [0.15, 0.2) is 0 Å². The van der Waals surface area contributed by atoms with Gasteiger partial charge in [0.2, 0.25) is 0 Å². The van der Waals surface area contributed by atoms with Gasteiger partial charge in [0.25, 0.3) is 0 Å². The Labute approximate surface area is 107 Å². The maximum Gasteiger partial charge on any atom is 0.124 e. The van der Waals surface area contributed by atoms with Crippen LogP contribution in [0.2, 0.25) is 0 Å². The topological polar surface area (TPSA) is 58.7 Å². The number of aliphatic hydroxyl groups excluding tert-OH is 1. The van der Waals surface area contributed by atoms with E-state index in [2.05, 4.69) is 0 Å². The molecule has 0 saturated heterocycles. The molecule has 1 unspecified atom stereocenters. The number of benzene rings is 1. The molecule has 0 aromatic heterocycles. The number of nitrogens with two attached hydrogens (primary N) is 1. The van der Waals surface area contributed by atoms with E-state index >= 15 is 0 Å². The van der Waals surface area contributed by atoms with Gasteiger partial charge in [0, 0.05) is 12.1 Å². The van der Waals surface area contributed by atoms with E-state index in [0.29, 0.717) is 11.5 Å². The first-order valence-corrected chi connectivity index (χ1v) is 5.76. The number of thiocarbonyl (C=S) groups is 1. The Morgan fingerprint density at radius 2 is 2.18 bits per heavy atom. The Morgan fingerprint density at radius 1 is 1.53 bits per heavy atom. The molecule has 17 heavy (non-hydrogen) atoms. The zero-order chi connectivity index (χ0) is 12.8. The van der Waals surface area contributed by atoms with Crippen LogP contribution in [0.25, 0.3) is 0 Å². The summed E-state index contributed by atoms with van der Waals surface area (Å²) in [4.78, 5) is 2.27. The second-order valence-electron chi connectivity index (χ2n) is 3.75. The summed E-state index contributed by atoms with van der Waals surface area (Å²) in [5, 5.41) is 8.98. The molecule has 4 nitrogen and oxygen atoms in total. The van der Waals surface area contributed by atoms with Crippen molar-refractivity contribution in [1.29, 1.82) is 0 Å². The van der Waals surface area contributed by atoms with Gasteiger partial charge in [-0.2, -0.15) is 0 Å². The van der Waals surface area contributed by atoms with E-state index < -0.39 is 0 Å². The largest absolute Gasteiger partial charge is 0.496 e. The van der Waals surface area contributed by atoms with Crippen LogP contribution >= 0.6 is 12.2 Å². The number of para-hydroxylation sites is 1. The highest BCUT2D eigenvalue weighted by Gasteiger charge is 2.22. The SMILES string of the molecule is COc1ccccc1C(C(N)=S)N(C)CCO. The van der Waals surface area contributed by atoms with Crippen LogP contribution in [-0.4, -0.2) is 42.3 Å². The van der Waals surface area contributed by atoms with Crippen LogP contribution in [0.1, 0.15) is 11.6 Å². The standard InChI is InChI=1S/C12H18N2O2S/c1-14(7-8-15)11(12(13)17)9-5-3-4-6-10(9)16-2/h3-6,11,15H,7-8H2,1-2H3,(H2,13,17). The summed E-state index contributed by atoms with van der Waals surface area (Å²) >= 11 is 5.10. The number of hydrogen-bond acceptors (Lipinski definition) is 4. The van der Waals surface area contributed by atoms with Crippen molar-refractivity contribution in [2.45, 2.75) is 6.04 Å². The maximum absolute atomic E-state index is 8.98. The van der Waals surface area contributed by atoms with E-state index in [9.17, 15) is 0 Å². The fourth-order valence-corrected chi connectivity index (χ4v) is 2.09. The highest BCUT2D eigenvalue weighted by Crippen LogP contribution is 2.28. The van der Waals surface area contributed by atoms with Crippen molar-refractivity contribution in [1.82, 2.24) is 4.90 Å². The quantitative estimate of drug-likeness (QED) is 0.740. The van der Waals surface area contributed by atoms with Gasteiger partial charge in [-0.1, -0.05) is 30.4 Å². The molecule has 0 saturated carbocycles. The third-order valence-corrected chi connectivity index (χ3v) is 2.82. The molecule has 1 aromatic rings. The highest BCUT2D eigenvalue weighted by molar-refractivity contribution is 7.80. The average Bonchev–Trinajstić information content (AvgIpc) is 2.30. The minimum Gasteiger partial charge on any atom is -0.496 e. The molecular formula is C12H18N2O2S. The highest BCUT2D eigenvalue weighted by atomic mass is 32.1. The predicted molar refractivity (Wildman–Crippen MR) is 72.2 cm³/mol. The van der Waals surface area contributed by atoms with Gasteiger partial charge in [-0.25, -0.2) is 0 Å². The van der Waals surface area contributed by atoms with Gasteiger partial charge in [0.1, 0.15) is 5.75 Å². The van der Waals surface area contributed by atoms with E-state index in [1.54, 1.807) is 7.11 Å². The number of methoxy groups -OCH3 is 1. The lowest BCUT2D eigenvalue weighted by molar-refractivity contribution is 0.205. The van der Waals surface area contributed by atoms with Gasteiger partial charge >= 0.3 is 0 Å². The lowest BCUT2D eigenvalue weighted by atomic mass is 10.0. The third-order valence-electron chi connectivity index (χ3n) is 2.60. The number of aliphatic hydroxyl groups is 1. The number of nitrogens with zero attached hydrogens (tertiary/aromatic N) is 1. The van der Waals surface area contributed by atoms with Crippen molar-refractivity contribution in [3.05, 3.63) is 29.8 Å². The summed E-state index contributed by atoms with van der Waals surface area (Å²) < 4.78 is 5.30. The molecule has 0 spiro atoms. The van der Waals surface area contributed by atoms with Crippen molar-refractivity contribution in [2.75, 3.05) is 27.3 Å². The van der Waals surface area contributed by atoms with Gasteiger partial charge < -0.3 is 15.6 Å². The Morgan fingerprint density at radius 3 is 2.71 bits per heavy atom. The van der Waals surface area contributed by atoms with Crippen molar-refractivity contribution in [3.63, 3.8) is 0 Å². The third kappa shape index (κ3) is 3.39. The minimum absolute atomic E-state index is 0.0603. The van der Waals surface area contributed by atoms with Crippen molar-refractivity contribution < 1.29 is 9.84 Å². The summed E-state index contributed by atoms with van der Waals surface area (Å²) in [5.41, 5.74) is 6.69. The fourth-order valence-electron chi connectivity index (χ4n) is 1.79. The maximum atomic E-state index is 8.98. The molecule has 0 aliphatic carbocycles.